The van der Waals surface area contributed by atoms with Crippen LogP contribution in [0.4, 0.5) is 13.2 Å². The van der Waals surface area contributed by atoms with Crippen LogP contribution in [0.5, 0.6) is 0 Å². The van der Waals surface area contributed by atoms with Crippen molar-refractivity contribution in [3.05, 3.63) is 0 Å². The third kappa shape index (κ3) is 7.68. The molecular weight excluding hydrogens is 221 g/mol. The predicted molar refractivity (Wildman–Crippen MR) is 55.2 cm³/mol. The summed E-state index contributed by atoms with van der Waals surface area (Å²) in [6, 6.07) is 0. The summed E-state index contributed by atoms with van der Waals surface area (Å²) < 4.78 is 40.6. The van der Waals surface area contributed by atoms with E-state index >= 15 is 0 Å². The Morgan fingerprint density at radius 3 is 2.25 bits per heavy atom. The molecule has 0 aromatic carbocycles. The molecule has 0 aromatic rings. The van der Waals surface area contributed by atoms with Crippen LogP contribution < -0.4 is 0 Å². The first-order chi connectivity index (χ1) is 7.26. The minimum atomic E-state index is -4.19. The number of ketones is 1. The Balaban J connectivity index is 3.89. The Labute approximate surface area is 94.2 Å². The number of carbonyl (C=O) groups excluding carboxylic acids is 1. The molecule has 0 fully saturated rings. The number of hydrogen-bond acceptors (Lipinski definition) is 2. The SMILES string of the molecule is CCC(CC(=O)C(C)C)OCCC(F)(F)F. The molecule has 0 bridgehead atoms. The molecule has 5 heteroatoms. The number of Topliss-reactive ketones (excluding diaryl/α,β-unsaturated/α-hetero) is 1. The summed E-state index contributed by atoms with van der Waals surface area (Å²) in [4.78, 5) is 11.4. The molecular formula is C11H19F3O2. The van der Waals surface area contributed by atoms with Crippen molar-refractivity contribution in [2.75, 3.05) is 6.61 Å². The Kier molecular flexibility index (Phi) is 6.64. The van der Waals surface area contributed by atoms with Crippen LogP contribution in [0.1, 0.15) is 40.0 Å². The molecule has 0 saturated carbocycles. The van der Waals surface area contributed by atoms with Crippen molar-refractivity contribution in [2.24, 2.45) is 5.92 Å². The van der Waals surface area contributed by atoms with E-state index in [0.717, 1.165) is 0 Å². The highest BCUT2D eigenvalue weighted by Gasteiger charge is 2.27. The van der Waals surface area contributed by atoms with Gasteiger partial charge in [-0.1, -0.05) is 20.8 Å². The van der Waals surface area contributed by atoms with Crippen molar-refractivity contribution in [3.8, 4) is 0 Å². The number of carbonyl (C=O) groups is 1. The highest BCUT2D eigenvalue weighted by atomic mass is 19.4. The molecule has 0 saturated heterocycles. The summed E-state index contributed by atoms with van der Waals surface area (Å²) >= 11 is 0. The number of rotatable bonds is 7. The maximum absolute atomic E-state index is 11.9. The van der Waals surface area contributed by atoms with Gasteiger partial charge < -0.3 is 4.74 Å². The average molecular weight is 240 g/mol. The average Bonchev–Trinajstić information content (AvgIpc) is 2.13. The molecule has 0 rings (SSSR count). The van der Waals surface area contributed by atoms with Gasteiger partial charge in [-0.3, -0.25) is 4.79 Å². The third-order valence-corrected chi connectivity index (χ3v) is 2.27. The van der Waals surface area contributed by atoms with Gasteiger partial charge in [-0.25, -0.2) is 0 Å². The van der Waals surface area contributed by atoms with E-state index in [1.54, 1.807) is 20.8 Å². The molecule has 0 spiro atoms. The second-order valence-electron chi connectivity index (χ2n) is 4.09. The fourth-order valence-corrected chi connectivity index (χ4v) is 1.12. The van der Waals surface area contributed by atoms with Crippen molar-refractivity contribution in [1.82, 2.24) is 0 Å². The lowest BCUT2D eigenvalue weighted by atomic mass is 10.0. The van der Waals surface area contributed by atoms with Crippen LogP contribution in [-0.2, 0) is 9.53 Å². The van der Waals surface area contributed by atoms with Crippen molar-refractivity contribution in [1.29, 1.82) is 0 Å². The van der Waals surface area contributed by atoms with E-state index in [1.165, 1.54) is 0 Å². The zero-order valence-corrected chi connectivity index (χ0v) is 9.93. The summed E-state index contributed by atoms with van der Waals surface area (Å²) in [5.74, 6) is -0.0703. The monoisotopic (exact) mass is 240 g/mol. The summed E-state index contributed by atoms with van der Waals surface area (Å²) in [5, 5.41) is 0. The van der Waals surface area contributed by atoms with Gasteiger partial charge in [-0.2, -0.15) is 13.2 Å². The Hall–Kier alpha value is -0.580. The van der Waals surface area contributed by atoms with Crippen molar-refractivity contribution >= 4 is 5.78 Å². The Morgan fingerprint density at radius 2 is 1.88 bits per heavy atom. The van der Waals surface area contributed by atoms with Gasteiger partial charge >= 0.3 is 6.18 Å². The van der Waals surface area contributed by atoms with Crippen molar-refractivity contribution < 1.29 is 22.7 Å². The highest BCUT2D eigenvalue weighted by molar-refractivity contribution is 5.80. The lowest BCUT2D eigenvalue weighted by Gasteiger charge is -2.17. The maximum atomic E-state index is 11.9. The fraction of sp³-hybridized carbons (Fsp3) is 0.909. The predicted octanol–water partition coefficient (Wildman–Crippen LogP) is 3.35. The molecule has 1 unspecified atom stereocenters. The van der Waals surface area contributed by atoms with E-state index in [0.29, 0.717) is 6.42 Å². The lowest BCUT2D eigenvalue weighted by Crippen LogP contribution is -2.22. The van der Waals surface area contributed by atoms with Crippen LogP contribution in [0.15, 0.2) is 0 Å². The first kappa shape index (κ1) is 15.4. The minimum Gasteiger partial charge on any atom is -0.377 e. The molecule has 96 valence electrons. The van der Waals surface area contributed by atoms with E-state index in [1.807, 2.05) is 0 Å². The van der Waals surface area contributed by atoms with Crippen LogP contribution in [-0.4, -0.2) is 24.7 Å². The third-order valence-electron chi connectivity index (χ3n) is 2.27. The quantitative estimate of drug-likeness (QED) is 0.682. The van der Waals surface area contributed by atoms with Gasteiger partial charge in [0.1, 0.15) is 5.78 Å². The van der Waals surface area contributed by atoms with Gasteiger partial charge in [0.25, 0.3) is 0 Å². The first-order valence-corrected chi connectivity index (χ1v) is 5.47. The van der Waals surface area contributed by atoms with Crippen LogP contribution >= 0.6 is 0 Å². The van der Waals surface area contributed by atoms with Gasteiger partial charge in [0.05, 0.1) is 19.1 Å². The summed E-state index contributed by atoms with van der Waals surface area (Å²) in [6.07, 6.45) is -4.79. The van der Waals surface area contributed by atoms with Gasteiger partial charge in [0, 0.05) is 12.3 Å². The lowest BCUT2D eigenvalue weighted by molar-refractivity contribution is -0.150. The van der Waals surface area contributed by atoms with E-state index in [2.05, 4.69) is 0 Å². The van der Waals surface area contributed by atoms with Crippen molar-refractivity contribution in [3.63, 3.8) is 0 Å². The molecule has 2 nitrogen and oxygen atoms in total. The van der Waals surface area contributed by atoms with Gasteiger partial charge in [0.2, 0.25) is 0 Å². The second-order valence-corrected chi connectivity index (χ2v) is 4.09. The van der Waals surface area contributed by atoms with Crippen LogP contribution in [0, 0.1) is 5.92 Å². The molecule has 0 aliphatic carbocycles. The molecule has 0 amide bonds. The minimum absolute atomic E-state index is 0.0267. The summed E-state index contributed by atoms with van der Waals surface area (Å²) in [5.41, 5.74) is 0. The zero-order valence-electron chi connectivity index (χ0n) is 9.93. The van der Waals surface area contributed by atoms with E-state index in [-0.39, 0.29) is 24.7 Å². The molecule has 0 aromatic heterocycles. The molecule has 0 radical (unpaired) electrons. The molecule has 16 heavy (non-hydrogen) atoms. The number of alkyl halides is 3. The number of halogens is 3. The maximum Gasteiger partial charge on any atom is 0.391 e. The van der Waals surface area contributed by atoms with Crippen LogP contribution in [0.3, 0.4) is 0 Å². The van der Waals surface area contributed by atoms with E-state index in [9.17, 15) is 18.0 Å². The Morgan fingerprint density at radius 1 is 1.31 bits per heavy atom. The molecule has 0 heterocycles. The van der Waals surface area contributed by atoms with E-state index < -0.39 is 18.7 Å². The van der Waals surface area contributed by atoms with Gasteiger partial charge in [-0.05, 0) is 6.42 Å². The smallest absolute Gasteiger partial charge is 0.377 e. The standard InChI is InChI=1S/C11H19F3O2/c1-4-9(7-10(15)8(2)3)16-6-5-11(12,13)14/h8-9H,4-7H2,1-3H3. The van der Waals surface area contributed by atoms with Gasteiger partial charge in [-0.15, -0.1) is 0 Å². The zero-order chi connectivity index (χ0) is 12.8. The summed E-state index contributed by atoms with van der Waals surface area (Å²) in [7, 11) is 0. The van der Waals surface area contributed by atoms with Crippen LogP contribution in [0.2, 0.25) is 0 Å². The normalized spacial score (nSPS) is 14.2. The first-order valence-electron chi connectivity index (χ1n) is 5.47. The van der Waals surface area contributed by atoms with E-state index in [4.69, 9.17) is 4.74 Å². The van der Waals surface area contributed by atoms with Crippen LogP contribution in [0.25, 0.3) is 0 Å². The number of ether oxygens (including phenoxy) is 1. The molecule has 0 N–H and O–H groups in total. The second kappa shape index (κ2) is 6.89. The van der Waals surface area contributed by atoms with Gasteiger partial charge in [0.15, 0.2) is 0 Å². The Bertz CT molecular complexity index is 212. The van der Waals surface area contributed by atoms with Crippen molar-refractivity contribution in [2.45, 2.75) is 52.3 Å². The fourth-order valence-electron chi connectivity index (χ4n) is 1.12. The molecule has 0 aliphatic heterocycles. The number of hydrogen-bond donors (Lipinski definition) is 0. The largest absolute Gasteiger partial charge is 0.391 e. The highest BCUT2D eigenvalue weighted by Crippen LogP contribution is 2.20. The summed E-state index contributed by atoms with van der Waals surface area (Å²) in [6.45, 7) is 4.97. The molecule has 0 aliphatic rings. The topological polar surface area (TPSA) is 26.3 Å². The molecule has 1 atom stereocenters.